The highest BCUT2D eigenvalue weighted by Crippen LogP contribution is 2.15. The molecule has 1 aromatic heterocycles. The normalized spacial score (nSPS) is 10.4. The number of hydrogen-bond acceptors (Lipinski definition) is 3. The van der Waals surface area contributed by atoms with E-state index in [-0.39, 0.29) is 29.8 Å². The summed E-state index contributed by atoms with van der Waals surface area (Å²) in [6, 6.07) is 15.6. The maximum Gasteiger partial charge on any atom is 0.356 e. The van der Waals surface area contributed by atoms with Gasteiger partial charge in [0.1, 0.15) is 11.6 Å². The van der Waals surface area contributed by atoms with Crippen LogP contribution in [0.1, 0.15) is 26.4 Å². The largest absolute Gasteiger partial charge is 0.476 e. The van der Waals surface area contributed by atoms with E-state index in [0.29, 0.717) is 5.56 Å². The van der Waals surface area contributed by atoms with Crippen LogP contribution < -0.4 is 5.32 Å². The van der Waals surface area contributed by atoms with Crippen LogP contribution in [0.25, 0.3) is 0 Å². The van der Waals surface area contributed by atoms with Gasteiger partial charge >= 0.3 is 5.97 Å². The van der Waals surface area contributed by atoms with Gasteiger partial charge in [-0.1, -0.05) is 30.3 Å². The molecule has 2 aromatic carbocycles. The van der Waals surface area contributed by atoms with E-state index in [1.165, 1.54) is 22.9 Å². The van der Waals surface area contributed by atoms with Crippen LogP contribution in [0.4, 0.5) is 10.2 Å². The topological polar surface area (TPSA) is 84.2 Å². The molecule has 0 aliphatic heterocycles. The zero-order valence-electron chi connectivity index (χ0n) is 13.0. The number of rotatable bonds is 5. The highest BCUT2D eigenvalue weighted by molar-refractivity contribution is 6.04. The molecule has 0 saturated carbocycles. The van der Waals surface area contributed by atoms with Gasteiger partial charge < -0.3 is 10.4 Å². The monoisotopic (exact) mass is 339 g/mol. The summed E-state index contributed by atoms with van der Waals surface area (Å²) >= 11 is 0. The van der Waals surface area contributed by atoms with Gasteiger partial charge in [-0.3, -0.25) is 4.79 Å². The number of hydrogen-bond donors (Lipinski definition) is 2. The number of amides is 1. The van der Waals surface area contributed by atoms with Crippen molar-refractivity contribution in [3.63, 3.8) is 0 Å². The summed E-state index contributed by atoms with van der Waals surface area (Å²) < 4.78 is 14.4. The van der Waals surface area contributed by atoms with Gasteiger partial charge in [0.2, 0.25) is 0 Å². The number of nitrogens with zero attached hydrogens (tertiary/aromatic N) is 2. The Hall–Kier alpha value is -3.48. The standard InChI is InChI=1S/C18H14FN3O3/c19-14-8-6-12(7-9-14)11-22-16(10-15(21-22)18(24)25)20-17(23)13-4-2-1-3-5-13/h1-10H,11H2,(H,20,23)(H,24,25). The first-order valence-corrected chi connectivity index (χ1v) is 7.45. The van der Waals surface area contributed by atoms with Gasteiger partial charge in [0.25, 0.3) is 5.91 Å². The third kappa shape index (κ3) is 3.89. The number of aromatic carboxylic acids is 1. The van der Waals surface area contributed by atoms with E-state index in [0.717, 1.165) is 5.56 Å². The summed E-state index contributed by atoms with van der Waals surface area (Å²) in [5.41, 5.74) is 0.969. The lowest BCUT2D eigenvalue weighted by molar-refractivity contribution is 0.0689. The summed E-state index contributed by atoms with van der Waals surface area (Å²) in [5.74, 6) is -1.70. The lowest BCUT2D eigenvalue weighted by Gasteiger charge is -2.09. The minimum atomic E-state index is -1.20. The summed E-state index contributed by atoms with van der Waals surface area (Å²) in [6.45, 7) is 0.192. The summed E-state index contributed by atoms with van der Waals surface area (Å²) in [5, 5.41) is 15.8. The minimum absolute atomic E-state index is 0.189. The number of carbonyl (C=O) groups is 2. The van der Waals surface area contributed by atoms with Crippen LogP contribution in [0.15, 0.2) is 60.7 Å². The fraction of sp³-hybridized carbons (Fsp3) is 0.0556. The first kappa shape index (κ1) is 16.4. The van der Waals surface area contributed by atoms with Gasteiger partial charge in [-0.05, 0) is 29.8 Å². The van der Waals surface area contributed by atoms with Gasteiger partial charge in [-0.15, -0.1) is 0 Å². The van der Waals surface area contributed by atoms with Gasteiger partial charge in [0, 0.05) is 11.6 Å². The first-order chi connectivity index (χ1) is 12.0. The van der Waals surface area contributed by atoms with Gasteiger partial charge in [0.05, 0.1) is 6.54 Å². The second-order valence-corrected chi connectivity index (χ2v) is 5.32. The minimum Gasteiger partial charge on any atom is -0.476 e. The molecule has 0 bridgehead atoms. The molecule has 0 saturated heterocycles. The zero-order valence-corrected chi connectivity index (χ0v) is 13.0. The Kier molecular flexibility index (Phi) is 4.56. The molecule has 1 amide bonds. The molecule has 0 unspecified atom stereocenters. The molecule has 1 heterocycles. The maximum atomic E-state index is 13.0. The van der Waals surface area contributed by atoms with E-state index in [2.05, 4.69) is 10.4 Å². The Morgan fingerprint density at radius 1 is 1.08 bits per heavy atom. The van der Waals surface area contributed by atoms with Crippen LogP contribution in [0.5, 0.6) is 0 Å². The summed E-state index contributed by atoms with van der Waals surface area (Å²) in [4.78, 5) is 23.5. The molecule has 3 aromatic rings. The molecule has 0 fully saturated rings. The van der Waals surface area contributed by atoms with E-state index in [4.69, 9.17) is 5.11 Å². The van der Waals surface area contributed by atoms with E-state index in [9.17, 15) is 14.0 Å². The molecule has 7 heteroatoms. The molecular formula is C18H14FN3O3. The van der Waals surface area contributed by atoms with Crippen molar-refractivity contribution < 1.29 is 19.1 Å². The second-order valence-electron chi connectivity index (χ2n) is 5.32. The quantitative estimate of drug-likeness (QED) is 0.748. The van der Waals surface area contributed by atoms with Crippen molar-refractivity contribution in [3.05, 3.63) is 83.3 Å². The number of nitrogens with one attached hydrogen (secondary N) is 1. The van der Waals surface area contributed by atoms with E-state index in [1.54, 1.807) is 42.5 Å². The number of aromatic nitrogens is 2. The number of carboxylic acid groups (broad SMARTS) is 1. The molecule has 25 heavy (non-hydrogen) atoms. The van der Waals surface area contributed by atoms with Crippen LogP contribution in [-0.2, 0) is 6.54 Å². The SMILES string of the molecule is O=C(Nc1cc(C(=O)O)nn1Cc1ccc(F)cc1)c1ccccc1. The number of carboxylic acids is 1. The third-order valence-corrected chi connectivity index (χ3v) is 3.52. The average Bonchev–Trinajstić information content (AvgIpc) is 3.00. The van der Waals surface area contributed by atoms with Crippen molar-refractivity contribution in [2.24, 2.45) is 0 Å². The van der Waals surface area contributed by atoms with E-state index in [1.807, 2.05) is 0 Å². The van der Waals surface area contributed by atoms with Gasteiger partial charge in [-0.25, -0.2) is 13.9 Å². The fourth-order valence-electron chi connectivity index (χ4n) is 2.28. The molecule has 2 N–H and O–H groups in total. The third-order valence-electron chi connectivity index (χ3n) is 3.52. The van der Waals surface area contributed by atoms with E-state index >= 15 is 0 Å². The maximum absolute atomic E-state index is 13.0. The van der Waals surface area contributed by atoms with Crippen LogP contribution in [0.2, 0.25) is 0 Å². The molecule has 0 spiro atoms. The predicted octanol–water partition coefficient (Wildman–Crippen LogP) is 3.02. The Bertz CT molecular complexity index is 905. The van der Waals surface area contributed by atoms with Crippen LogP contribution in [-0.4, -0.2) is 26.8 Å². The summed E-state index contributed by atoms with van der Waals surface area (Å²) in [7, 11) is 0. The fourth-order valence-corrected chi connectivity index (χ4v) is 2.28. The first-order valence-electron chi connectivity index (χ1n) is 7.45. The summed E-state index contributed by atoms with van der Waals surface area (Å²) in [6.07, 6.45) is 0. The molecule has 3 rings (SSSR count). The highest BCUT2D eigenvalue weighted by atomic mass is 19.1. The number of carbonyl (C=O) groups excluding carboxylic acids is 1. The molecule has 126 valence electrons. The number of halogens is 1. The second kappa shape index (κ2) is 6.96. The number of anilines is 1. The highest BCUT2D eigenvalue weighted by Gasteiger charge is 2.16. The van der Waals surface area contributed by atoms with Crippen molar-refractivity contribution in [1.29, 1.82) is 0 Å². The van der Waals surface area contributed by atoms with E-state index < -0.39 is 5.97 Å². The predicted molar refractivity (Wildman–Crippen MR) is 89.1 cm³/mol. The average molecular weight is 339 g/mol. The zero-order chi connectivity index (χ0) is 17.8. The Labute approximate surface area is 142 Å². The van der Waals surface area contributed by atoms with Crippen molar-refractivity contribution >= 4 is 17.7 Å². The Morgan fingerprint density at radius 3 is 2.40 bits per heavy atom. The van der Waals surface area contributed by atoms with Crippen molar-refractivity contribution in [3.8, 4) is 0 Å². The van der Waals surface area contributed by atoms with Crippen molar-refractivity contribution in [1.82, 2.24) is 9.78 Å². The lowest BCUT2D eigenvalue weighted by Crippen LogP contribution is -2.16. The Morgan fingerprint density at radius 2 is 1.76 bits per heavy atom. The van der Waals surface area contributed by atoms with Crippen LogP contribution in [0, 0.1) is 5.82 Å². The molecule has 0 atom stereocenters. The molecule has 0 aliphatic carbocycles. The smallest absolute Gasteiger partial charge is 0.356 e. The van der Waals surface area contributed by atoms with Crippen LogP contribution in [0.3, 0.4) is 0 Å². The van der Waals surface area contributed by atoms with Crippen LogP contribution >= 0.6 is 0 Å². The van der Waals surface area contributed by atoms with Gasteiger partial charge in [-0.2, -0.15) is 5.10 Å². The van der Waals surface area contributed by atoms with Crippen molar-refractivity contribution in [2.45, 2.75) is 6.54 Å². The molecular weight excluding hydrogens is 325 g/mol. The molecule has 6 nitrogen and oxygen atoms in total. The van der Waals surface area contributed by atoms with Crippen molar-refractivity contribution in [2.75, 3.05) is 5.32 Å². The molecule has 0 aliphatic rings. The molecule has 0 radical (unpaired) electrons. The number of benzene rings is 2. The lowest BCUT2D eigenvalue weighted by atomic mass is 10.2. The Balaban J connectivity index is 1.88. The van der Waals surface area contributed by atoms with Gasteiger partial charge in [0.15, 0.2) is 5.69 Å².